The maximum atomic E-state index is 12.6. The summed E-state index contributed by atoms with van der Waals surface area (Å²) in [5, 5.41) is 2.88. The molecular weight excluding hydrogens is 324 g/mol. The van der Waals surface area contributed by atoms with Crippen LogP contribution >= 0.6 is 0 Å². The van der Waals surface area contributed by atoms with Gasteiger partial charge in [-0.15, -0.1) is 0 Å². The van der Waals surface area contributed by atoms with Crippen LogP contribution in [-0.4, -0.2) is 57.5 Å². The van der Waals surface area contributed by atoms with Crippen molar-refractivity contribution in [2.45, 2.75) is 13.0 Å². The molecular formula is C18H24N2O5. The van der Waals surface area contributed by atoms with Crippen LogP contribution in [0.1, 0.15) is 18.5 Å². The molecule has 1 N–H and O–H groups in total. The molecule has 0 aromatic heterocycles. The molecule has 1 aromatic rings. The zero-order valence-corrected chi connectivity index (χ0v) is 14.8. The molecule has 0 saturated heterocycles. The van der Waals surface area contributed by atoms with Gasteiger partial charge in [0.25, 0.3) is 0 Å². The number of benzene rings is 1. The molecule has 0 aliphatic carbocycles. The van der Waals surface area contributed by atoms with Crippen LogP contribution in [0, 0.1) is 0 Å². The molecule has 0 fully saturated rings. The second-order valence-electron chi connectivity index (χ2n) is 5.57. The molecule has 2 rings (SSSR count). The average molecular weight is 348 g/mol. The number of hydrogen-bond acceptors (Lipinski definition) is 5. The summed E-state index contributed by atoms with van der Waals surface area (Å²) in [7, 11) is 3.10. The summed E-state index contributed by atoms with van der Waals surface area (Å²) in [5.74, 6) is -0.467. The second-order valence-corrected chi connectivity index (χ2v) is 5.57. The van der Waals surface area contributed by atoms with E-state index in [1.54, 1.807) is 21.1 Å². The third-order valence-corrected chi connectivity index (χ3v) is 3.99. The van der Waals surface area contributed by atoms with Gasteiger partial charge in [0.1, 0.15) is 6.61 Å². The van der Waals surface area contributed by atoms with Crippen molar-refractivity contribution in [3.8, 4) is 0 Å². The maximum absolute atomic E-state index is 12.6. The maximum Gasteiger partial charge on any atom is 0.338 e. The van der Waals surface area contributed by atoms with Gasteiger partial charge in [-0.2, -0.15) is 0 Å². The molecule has 0 radical (unpaired) electrons. The Morgan fingerprint density at radius 2 is 1.80 bits per heavy atom. The van der Waals surface area contributed by atoms with Crippen LogP contribution in [0.3, 0.4) is 0 Å². The predicted octanol–water partition coefficient (Wildman–Crippen LogP) is 1.86. The molecule has 1 aliphatic heterocycles. The monoisotopic (exact) mass is 348 g/mol. The molecule has 0 spiro atoms. The molecule has 1 aromatic carbocycles. The number of carbonyl (C=O) groups is 2. The van der Waals surface area contributed by atoms with E-state index in [9.17, 15) is 9.59 Å². The zero-order valence-electron chi connectivity index (χ0n) is 14.8. The second kappa shape index (κ2) is 9.19. The van der Waals surface area contributed by atoms with Crippen LogP contribution in [0.4, 0.5) is 4.79 Å². The normalized spacial score (nSPS) is 17.5. The van der Waals surface area contributed by atoms with Gasteiger partial charge in [0.2, 0.25) is 0 Å². The van der Waals surface area contributed by atoms with Gasteiger partial charge in [-0.05, 0) is 12.5 Å². The third-order valence-electron chi connectivity index (χ3n) is 3.99. The number of methoxy groups -OCH3 is 2. The highest BCUT2D eigenvalue weighted by Crippen LogP contribution is 2.31. The van der Waals surface area contributed by atoms with Crippen molar-refractivity contribution >= 4 is 12.0 Å². The topological polar surface area (TPSA) is 77.1 Å². The molecule has 25 heavy (non-hydrogen) atoms. The Morgan fingerprint density at radius 3 is 2.44 bits per heavy atom. The van der Waals surface area contributed by atoms with Gasteiger partial charge < -0.3 is 19.5 Å². The standard InChI is InChI=1S/C18H24N2O5/c1-13-15(17(21)25-12-11-24-3)16(14-7-5-4-6-8-14)19-18(22)20(13)9-10-23-2/h4-8,16H,9-12H2,1-3H3,(H,19,22). The minimum Gasteiger partial charge on any atom is -0.460 e. The van der Waals surface area contributed by atoms with Crippen LogP contribution in [0.15, 0.2) is 41.6 Å². The fraction of sp³-hybridized carbons (Fsp3) is 0.444. The van der Waals surface area contributed by atoms with Crippen molar-refractivity contribution in [3.05, 3.63) is 47.2 Å². The highest BCUT2D eigenvalue weighted by molar-refractivity contribution is 5.95. The van der Waals surface area contributed by atoms with Crippen molar-refractivity contribution in [1.29, 1.82) is 0 Å². The van der Waals surface area contributed by atoms with Crippen molar-refractivity contribution in [2.24, 2.45) is 0 Å². The zero-order chi connectivity index (χ0) is 18.2. The van der Waals surface area contributed by atoms with Gasteiger partial charge in [0.15, 0.2) is 0 Å². The minimum absolute atomic E-state index is 0.152. The number of rotatable bonds is 8. The van der Waals surface area contributed by atoms with Crippen molar-refractivity contribution in [3.63, 3.8) is 0 Å². The fourth-order valence-electron chi connectivity index (χ4n) is 2.69. The average Bonchev–Trinajstić information content (AvgIpc) is 2.62. The Kier molecular flexibility index (Phi) is 6.97. The predicted molar refractivity (Wildman–Crippen MR) is 91.8 cm³/mol. The number of ether oxygens (including phenoxy) is 3. The molecule has 0 saturated carbocycles. The lowest BCUT2D eigenvalue weighted by Gasteiger charge is -2.35. The first-order chi connectivity index (χ1) is 12.1. The van der Waals surface area contributed by atoms with Crippen LogP contribution in [0.25, 0.3) is 0 Å². The number of esters is 1. The summed E-state index contributed by atoms with van der Waals surface area (Å²) in [6.45, 7) is 2.93. The SMILES string of the molecule is COCCOC(=O)C1=C(C)N(CCOC)C(=O)NC1c1ccccc1. The summed E-state index contributed by atoms with van der Waals surface area (Å²) < 4.78 is 15.3. The fourth-order valence-corrected chi connectivity index (χ4v) is 2.69. The molecule has 136 valence electrons. The quantitative estimate of drug-likeness (QED) is 0.573. The smallest absolute Gasteiger partial charge is 0.338 e. The van der Waals surface area contributed by atoms with E-state index in [2.05, 4.69) is 5.32 Å². The number of carbonyl (C=O) groups excluding carboxylic acids is 2. The number of amides is 2. The van der Waals surface area contributed by atoms with E-state index in [0.717, 1.165) is 5.56 Å². The van der Waals surface area contributed by atoms with Crippen LogP contribution in [-0.2, 0) is 19.0 Å². The summed E-state index contributed by atoms with van der Waals surface area (Å²) in [6, 6.07) is 8.52. The first-order valence-corrected chi connectivity index (χ1v) is 8.09. The van der Waals surface area contributed by atoms with Crippen molar-refractivity contribution in [2.75, 3.05) is 40.6 Å². The van der Waals surface area contributed by atoms with Gasteiger partial charge in [-0.1, -0.05) is 30.3 Å². The number of nitrogens with zero attached hydrogens (tertiary/aromatic N) is 1. The first kappa shape index (κ1) is 19.0. The van der Waals surface area contributed by atoms with E-state index >= 15 is 0 Å². The van der Waals surface area contributed by atoms with Gasteiger partial charge in [-0.25, -0.2) is 9.59 Å². The van der Waals surface area contributed by atoms with Gasteiger partial charge >= 0.3 is 12.0 Å². The van der Waals surface area contributed by atoms with E-state index in [1.807, 2.05) is 30.3 Å². The number of nitrogens with one attached hydrogen (secondary N) is 1. The molecule has 7 nitrogen and oxygen atoms in total. The number of urea groups is 1. The largest absolute Gasteiger partial charge is 0.460 e. The molecule has 1 heterocycles. The summed E-state index contributed by atoms with van der Waals surface area (Å²) in [5.41, 5.74) is 1.80. The van der Waals surface area contributed by atoms with Crippen LogP contribution < -0.4 is 5.32 Å². The Bertz CT molecular complexity index is 630. The van der Waals surface area contributed by atoms with E-state index in [0.29, 0.717) is 31.0 Å². The van der Waals surface area contributed by atoms with Gasteiger partial charge in [-0.3, -0.25) is 4.90 Å². The number of hydrogen-bond donors (Lipinski definition) is 1. The third kappa shape index (κ3) is 4.58. The van der Waals surface area contributed by atoms with E-state index in [-0.39, 0.29) is 12.6 Å². The van der Waals surface area contributed by atoms with Crippen molar-refractivity contribution < 1.29 is 23.8 Å². The lowest BCUT2D eigenvalue weighted by atomic mass is 9.95. The Balaban J connectivity index is 2.36. The number of allylic oxidation sites excluding steroid dienone is 1. The van der Waals surface area contributed by atoms with Crippen molar-refractivity contribution in [1.82, 2.24) is 10.2 Å². The highest BCUT2D eigenvalue weighted by Gasteiger charge is 2.36. The lowest BCUT2D eigenvalue weighted by molar-refractivity contribution is -0.140. The molecule has 7 heteroatoms. The minimum atomic E-state index is -0.553. The molecule has 1 aliphatic rings. The van der Waals surface area contributed by atoms with Gasteiger partial charge in [0, 0.05) is 19.9 Å². The molecule has 1 atom stereocenters. The summed E-state index contributed by atoms with van der Waals surface area (Å²) >= 11 is 0. The summed E-state index contributed by atoms with van der Waals surface area (Å²) in [6.07, 6.45) is 0. The Labute approximate surface area is 147 Å². The molecule has 2 amide bonds. The van der Waals surface area contributed by atoms with E-state index < -0.39 is 12.0 Å². The molecule has 0 bridgehead atoms. The summed E-state index contributed by atoms with van der Waals surface area (Å²) in [4.78, 5) is 26.6. The Hall–Kier alpha value is -2.38. The lowest BCUT2D eigenvalue weighted by Crippen LogP contribution is -2.49. The van der Waals surface area contributed by atoms with E-state index in [4.69, 9.17) is 14.2 Å². The van der Waals surface area contributed by atoms with Crippen LogP contribution in [0.2, 0.25) is 0 Å². The van der Waals surface area contributed by atoms with Crippen LogP contribution in [0.5, 0.6) is 0 Å². The molecule has 1 unspecified atom stereocenters. The highest BCUT2D eigenvalue weighted by atomic mass is 16.6. The van der Waals surface area contributed by atoms with Gasteiger partial charge in [0.05, 0.1) is 31.4 Å². The first-order valence-electron chi connectivity index (χ1n) is 8.09. The van der Waals surface area contributed by atoms with E-state index in [1.165, 1.54) is 4.90 Å². The Morgan fingerprint density at radius 1 is 1.12 bits per heavy atom.